The highest BCUT2D eigenvalue weighted by Crippen LogP contribution is 2.32. The van der Waals surface area contributed by atoms with Gasteiger partial charge in [0.1, 0.15) is 5.82 Å². The Kier molecular flexibility index (Phi) is 6.20. The van der Waals surface area contributed by atoms with Crippen LogP contribution in [0.5, 0.6) is 0 Å². The zero-order valence-electron chi connectivity index (χ0n) is 16.4. The summed E-state index contributed by atoms with van der Waals surface area (Å²) in [4.78, 5) is 32.7. The number of benzene rings is 1. The summed E-state index contributed by atoms with van der Waals surface area (Å²) in [5.74, 6) is 0.965. The molecule has 1 aliphatic carbocycles. The molecule has 1 aliphatic rings. The molecular weight excluding hydrogens is 362 g/mol. The lowest BCUT2D eigenvalue weighted by molar-refractivity contribution is -0.140. The van der Waals surface area contributed by atoms with E-state index in [1.54, 1.807) is 22.8 Å². The van der Waals surface area contributed by atoms with Crippen molar-refractivity contribution in [3.05, 3.63) is 39.4 Å². The number of hydrogen-bond acceptors (Lipinski definition) is 3. The third-order valence-electron chi connectivity index (χ3n) is 5.59. The van der Waals surface area contributed by atoms with Crippen LogP contribution in [0.1, 0.15) is 64.7 Å². The summed E-state index contributed by atoms with van der Waals surface area (Å²) in [6.07, 6.45) is 5.02. The Bertz CT molecular complexity index is 889. The Hall–Kier alpha value is -1.88. The van der Waals surface area contributed by atoms with Gasteiger partial charge in [-0.05, 0) is 51.3 Å². The van der Waals surface area contributed by atoms with Crippen LogP contribution in [-0.2, 0) is 11.3 Å². The molecule has 1 amide bonds. The number of hydrogen-bond donors (Lipinski definition) is 0. The fourth-order valence-electron chi connectivity index (χ4n) is 3.69. The van der Waals surface area contributed by atoms with Gasteiger partial charge in [0.05, 0.1) is 16.9 Å². The molecule has 0 spiro atoms. The van der Waals surface area contributed by atoms with Crippen LogP contribution >= 0.6 is 11.6 Å². The van der Waals surface area contributed by atoms with Crippen LogP contribution in [0, 0.1) is 5.92 Å². The summed E-state index contributed by atoms with van der Waals surface area (Å²) in [5.41, 5.74) is 0.512. The number of rotatable bonds is 7. The molecule has 1 aromatic carbocycles. The number of amides is 1. The molecule has 1 saturated carbocycles. The first-order valence-electron chi connectivity index (χ1n) is 9.98. The van der Waals surface area contributed by atoms with Crippen LogP contribution in [-0.4, -0.2) is 26.9 Å². The van der Waals surface area contributed by atoms with E-state index in [1.165, 1.54) is 0 Å². The highest BCUT2D eigenvalue weighted by atomic mass is 35.5. The number of carbonyl (C=O) groups excluding carboxylic acids is 1. The van der Waals surface area contributed by atoms with Gasteiger partial charge in [0.15, 0.2) is 0 Å². The molecule has 5 nitrogen and oxygen atoms in total. The van der Waals surface area contributed by atoms with Crippen molar-refractivity contribution in [3.63, 3.8) is 0 Å². The first kappa shape index (κ1) is 19.9. The number of halogens is 1. The summed E-state index contributed by atoms with van der Waals surface area (Å²) in [5, 5.41) is 1.11. The van der Waals surface area contributed by atoms with E-state index in [9.17, 15) is 9.59 Å². The van der Waals surface area contributed by atoms with Gasteiger partial charge in [-0.1, -0.05) is 31.4 Å². The van der Waals surface area contributed by atoms with Gasteiger partial charge in [-0.3, -0.25) is 14.2 Å². The lowest BCUT2D eigenvalue weighted by Gasteiger charge is -2.36. The Labute approximate surface area is 165 Å². The van der Waals surface area contributed by atoms with Gasteiger partial charge >= 0.3 is 0 Å². The van der Waals surface area contributed by atoms with Crippen molar-refractivity contribution in [2.75, 3.05) is 6.54 Å². The summed E-state index contributed by atoms with van der Waals surface area (Å²) in [6.45, 7) is 7.25. The molecule has 0 saturated heterocycles. The standard InChI is InChI=1S/C21H28ClN3O2/c1-4-6-12-25(20(26)15-8-7-9-15)14(3)19-23-18-13-16(22)10-11-17(18)21(27)24(19)5-2/h10-11,13-15H,4-9,12H2,1-3H3. The van der Waals surface area contributed by atoms with E-state index < -0.39 is 0 Å². The molecule has 0 aliphatic heterocycles. The Morgan fingerprint density at radius 2 is 2.11 bits per heavy atom. The van der Waals surface area contributed by atoms with Gasteiger partial charge in [0.25, 0.3) is 5.56 Å². The molecule has 0 N–H and O–H groups in total. The number of fused-ring (bicyclic) bond motifs is 1. The van der Waals surface area contributed by atoms with Gasteiger partial charge in [-0.25, -0.2) is 4.98 Å². The maximum atomic E-state index is 13.0. The highest BCUT2D eigenvalue weighted by Gasteiger charge is 2.33. The molecule has 1 unspecified atom stereocenters. The molecule has 1 fully saturated rings. The van der Waals surface area contributed by atoms with Crippen molar-refractivity contribution in [1.82, 2.24) is 14.5 Å². The quantitative estimate of drug-likeness (QED) is 0.697. The highest BCUT2D eigenvalue weighted by molar-refractivity contribution is 6.31. The largest absolute Gasteiger partial charge is 0.333 e. The zero-order valence-corrected chi connectivity index (χ0v) is 17.1. The van der Waals surface area contributed by atoms with Crippen LogP contribution in [0.2, 0.25) is 5.02 Å². The number of unbranched alkanes of at least 4 members (excludes halogenated alkanes) is 1. The van der Waals surface area contributed by atoms with Crippen LogP contribution in [0.15, 0.2) is 23.0 Å². The van der Waals surface area contributed by atoms with Crippen molar-refractivity contribution in [2.45, 2.75) is 65.5 Å². The second kappa shape index (κ2) is 8.42. The molecule has 1 aromatic heterocycles. The second-order valence-corrected chi connectivity index (χ2v) is 7.81. The molecule has 2 aromatic rings. The molecule has 0 radical (unpaired) electrons. The van der Waals surface area contributed by atoms with Gasteiger partial charge in [0.2, 0.25) is 5.91 Å². The van der Waals surface area contributed by atoms with Crippen molar-refractivity contribution >= 4 is 28.4 Å². The molecule has 0 bridgehead atoms. The molecular formula is C21H28ClN3O2. The Morgan fingerprint density at radius 3 is 2.70 bits per heavy atom. The van der Waals surface area contributed by atoms with E-state index in [0.29, 0.717) is 34.8 Å². The van der Waals surface area contributed by atoms with Gasteiger partial charge < -0.3 is 4.90 Å². The molecule has 1 atom stereocenters. The van der Waals surface area contributed by atoms with Gasteiger partial charge in [-0.2, -0.15) is 0 Å². The predicted molar refractivity (Wildman–Crippen MR) is 109 cm³/mol. The third-order valence-corrected chi connectivity index (χ3v) is 5.83. The van der Waals surface area contributed by atoms with Crippen molar-refractivity contribution in [3.8, 4) is 0 Å². The Morgan fingerprint density at radius 1 is 1.37 bits per heavy atom. The Balaban J connectivity index is 2.06. The van der Waals surface area contributed by atoms with E-state index in [2.05, 4.69) is 6.92 Å². The van der Waals surface area contributed by atoms with E-state index in [0.717, 1.165) is 32.1 Å². The lowest BCUT2D eigenvalue weighted by Crippen LogP contribution is -2.43. The first-order chi connectivity index (χ1) is 13.0. The fraction of sp³-hybridized carbons (Fsp3) is 0.571. The molecule has 1 heterocycles. The fourth-order valence-corrected chi connectivity index (χ4v) is 3.85. The summed E-state index contributed by atoms with van der Waals surface area (Å²) < 4.78 is 1.69. The monoisotopic (exact) mass is 389 g/mol. The minimum Gasteiger partial charge on any atom is -0.333 e. The minimum absolute atomic E-state index is 0.0763. The zero-order chi connectivity index (χ0) is 19.6. The van der Waals surface area contributed by atoms with Gasteiger partial charge in [-0.15, -0.1) is 0 Å². The maximum Gasteiger partial charge on any atom is 0.261 e. The predicted octanol–water partition coefficient (Wildman–Crippen LogP) is 4.56. The number of nitrogens with zero attached hydrogens (tertiary/aromatic N) is 3. The average Bonchev–Trinajstić information content (AvgIpc) is 2.60. The molecule has 3 rings (SSSR count). The summed E-state index contributed by atoms with van der Waals surface area (Å²) >= 11 is 6.11. The molecule has 27 heavy (non-hydrogen) atoms. The van der Waals surface area contributed by atoms with Crippen LogP contribution < -0.4 is 5.56 Å². The van der Waals surface area contributed by atoms with Crippen LogP contribution in [0.3, 0.4) is 0 Å². The topological polar surface area (TPSA) is 55.2 Å². The SMILES string of the molecule is CCCCN(C(=O)C1CCC1)C(C)c1nc2cc(Cl)ccc2c(=O)n1CC. The van der Waals surface area contributed by atoms with Gasteiger partial charge in [0, 0.05) is 24.0 Å². The minimum atomic E-state index is -0.249. The first-order valence-corrected chi connectivity index (χ1v) is 10.4. The second-order valence-electron chi connectivity index (χ2n) is 7.37. The average molecular weight is 390 g/mol. The maximum absolute atomic E-state index is 13.0. The van der Waals surface area contributed by atoms with E-state index >= 15 is 0 Å². The van der Waals surface area contributed by atoms with E-state index in [4.69, 9.17) is 16.6 Å². The molecule has 6 heteroatoms. The number of aromatic nitrogens is 2. The van der Waals surface area contributed by atoms with Crippen molar-refractivity contribution < 1.29 is 4.79 Å². The summed E-state index contributed by atoms with van der Waals surface area (Å²) in [7, 11) is 0. The van der Waals surface area contributed by atoms with E-state index in [1.807, 2.05) is 18.7 Å². The van der Waals surface area contributed by atoms with Crippen LogP contribution in [0.25, 0.3) is 10.9 Å². The van der Waals surface area contributed by atoms with Crippen LogP contribution in [0.4, 0.5) is 0 Å². The lowest BCUT2D eigenvalue weighted by atomic mass is 9.84. The number of carbonyl (C=O) groups is 1. The normalized spacial score (nSPS) is 15.6. The summed E-state index contributed by atoms with van der Waals surface area (Å²) in [6, 6.07) is 4.91. The molecule has 146 valence electrons. The van der Waals surface area contributed by atoms with Crippen molar-refractivity contribution in [2.24, 2.45) is 5.92 Å². The van der Waals surface area contributed by atoms with Crippen molar-refractivity contribution in [1.29, 1.82) is 0 Å². The smallest absolute Gasteiger partial charge is 0.261 e. The van der Waals surface area contributed by atoms with E-state index in [-0.39, 0.29) is 23.4 Å². The third kappa shape index (κ3) is 3.88.